The van der Waals surface area contributed by atoms with Crippen LogP contribution in [0.4, 0.5) is 0 Å². The number of nitrogens with one attached hydrogen (secondary N) is 1. The molecule has 20 heavy (non-hydrogen) atoms. The molecule has 1 heterocycles. The summed E-state index contributed by atoms with van der Waals surface area (Å²) in [6.45, 7) is 2.88. The number of hydrogen-bond acceptors (Lipinski definition) is 4. The van der Waals surface area contributed by atoms with E-state index in [9.17, 15) is 9.90 Å². The van der Waals surface area contributed by atoms with Gasteiger partial charge in [0.25, 0.3) is 0 Å². The molecule has 0 aliphatic carbocycles. The second kappa shape index (κ2) is 6.45. The van der Waals surface area contributed by atoms with Gasteiger partial charge in [0, 0.05) is 24.7 Å². The molecule has 2 N–H and O–H groups in total. The lowest BCUT2D eigenvalue weighted by Gasteiger charge is -2.15. The second-order valence-corrected chi connectivity index (χ2v) is 4.62. The molecule has 2 aromatic rings. The smallest absolute Gasteiger partial charge is 0.325 e. The highest BCUT2D eigenvalue weighted by Gasteiger charge is 2.19. The van der Waals surface area contributed by atoms with Crippen LogP contribution in [0.3, 0.4) is 0 Å². The number of fused-ring (bicyclic) bond motifs is 1. The van der Waals surface area contributed by atoms with Gasteiger partial charge < -0.3 is 9.84 Å². The van der Waals surface area contributed by atoms with E-state index >= 15 is 0 Å². The van der Waals surface area contributed by atoms with Crippen LogP contribution in [0, 0.1) is 6.92 Å². The number of aromatic nitrogens is 1. The van der Waals surface area contributed by atoms with Crippen molar-refractivity contribution in [3.05, 3.63) is 41.6 Å². The highest BCUT2D eigenvalue weighted by atomic mass is 16.5. The van der Waals surface area contributed by atoms with Crippen LogP contribution in [0.2, 0.25) is 0 Å². The highest BCUT2D eigenvalue weighted by molar-refractivity contribution is 5.82. The number of rotatable bonds is 6. The number of carboxylic acid groups (broad SMARTS) is 1. The van der Waals surface area contributed by atoms with E-state index in [1.54, 1.807) is 13.2 Å². The largest absolute Gasteiger partial charge is 0.480 e. The summed E-state index contributed by atoms with van der Waals surface area (Å²) in [6.07, 6.45) is 0. The minimum Gasteiger partial charge on any atom is -0.480 e. The lowest BCUT2D eigenvalue weighted by atomic mass is 10.0. The Morgan fingerprint density at radius 3 is 2.90 bits per heavy atom. The van der Waals surface area contributed by atoms with Crippen molar-refractivity contribution in [3.63, 3.8) is 0 Å². The first-order chi connectivity index (χ1) is 9.61. The molecule has 0 spiro atoms. The standard InChI is InChI=1S/C15H18N2O3/c1-10-3-4-11-9-12(5-6-13(11)17-10)14(15(18)19)16-7-8-20-2/h3-6,9,14,16H,7-8H2,1-2H3,(H,18,19). The molecule has 1 aromatic carbocycles. The number of pyridine rings is 1. The molecule has 0 bridgehead atoms. The van der Waals surface area contributed by atoms with Gasteiger partial charge in [-0.2, -0.15) is 0 Å². The average Bonchev–Trinajstić information content (AvgIpc) is 2.43. The highest BCUT2D eigenvalue weighted by Crippen LogP contribution is 2.20. The molecule has 0 aliphatic heterocycles. The molecule has 0 fully saturated rings. The molecular weight excluding hydrogens is 256 g/mol. The lowest BCUT2D eigenvalue weighted by molar-refractivity contribution is -0.139. The van der Waals surface area contributed by atoms with E-state index in [0.717, 1.165) is 16.6 Å². The number of nitrogens with zero attached hydrogens (tertiary/aromatic N) is 1. The molecule has 0 amide bonds. The van der Waals surface area contributed by atoms with Gasteiger partial charge in [0.15, 0.2) is 0 Å². The van der Waals surface area contributed by atoms with Crippen molar-refractivity contribution in [1.82, 2.24) is 10.3 Å². The van der Waals surface area contributed by atoms with Gasteiger partial charge in [-0.05, 0) is 30.7 Å². The maximum absolute atomic E-state index is 11.4. The van der Waals surface area contributed by atoms with Gasteiger partial charge in [-0.15, -0.1) is 0 Å². The molecule has 1 atom stereocenters. The fourth-order valence-corrected chi connectivity index (χ4v) is 2.08. The molecule has 0 saturated carbocycles. The zero-order chi connectivity index (χ0) is 14.5. The summed E-state index contributed by atoms with van der Waals surface area (Å²) in [6, 6.07) is 8.64. The maximum Gasteiger partial charge on any atom is 0.325 e. The van der Waals surface area contributed by atoms with Gasteiger partial charge >= 0.3 is 5.97 Å². The Bertz CT molecular complexity index is 613. The summed E-state index contributed by atoms with van der Waals surface area (Å²) in [5.41, 5.74) is 2.53. The summed E-state index contributed by atoms with van der Waals surface area (Å²) in [4.78, 5) is 15.8. The lowest BCUT2D eigenvalue weighted by Crippen LogP contribution is -2.31. The van der Waals surface area contributed by atoms with Crippen LogP contribution in [-0.2, 0) is 9.53 Å². The third-order valence-corrected chi connectivity index (χ3v) is 3.09. The van der Waals surface area contributed by atoms with Crippen LogP contribution in [0.25, 0.3) is 10.9 Å². The van der Waals surface area contributed by atoms with E-state index in [2.05, 4.69) is 10.3 Å². The summed E-state index contributed by atoms with van der Waals surface area (Å²) >= 11 is 0. The molecule has 0 saturated heterocycles. The molecule has 1 unspecified atom stereocenters. The SMILES string of the molecule is COCCNC(C(=O)O)c1ccc2nc(C)ccc2c1. The molecule has 5 nitrogen and oxygen atoms in total. The first-order valence-corrected chi connectivity index (χ1v) is 6.44. The number of aliphatic carboxylic acids is 1. The quantitative estimate of drug-likeness (QED) is 0.787. The van der Waals surface area contributed by atoms with Gasteiger partial charge in [-0.25, -0.2) is 0 Å². The Hall–Kier alpha value is -1.98. The Balaban J connectivity index is 2.28. The Kier molecular flexibility index (Phi) is 4.65. The first kappa shape index (κ1) is 14.4. The molecule has 2 rings (SSSR count). The second-order valence-electron chi connectivity index (χ2n) is 4.62. The van der Waals surface area contributed by atoms with Crippen LogP contribution in [-0.4, -0.2) is 36.3 Å². The van der Waals surface area contributed by atoms with E-state index in [1.807, 2.05) is 31.2 Å². The van der Waals surface area contributed by atoms with Crippen LogP contribution in [0.15, 0.2) is 30.3 Å². The van der Waals surface area contributed by atoms with Crippen LogP contribution in [0.1, 0.15) is 17.3 Å². The number of methoxy groups -OCH3 is 1. The zero-order valence-electron chi connectivity index (χ0n) is 11.6. The zero-order valence-corrected chi connectivity index (χ0v) is 11.6. The van der Waals surface area contributed by atoms with Crippen molar-refractivity contribution in [1.29, 1.82) is 0 Å². The maximum atomic E-state index is 11.4. The average molecular weight is 274 g/mol. The molecule has 106 valence electrons. The van der Waals surface area contributed by atoms with Crippen molar-refractivity contribution in [3.8, 4) is 0 Å². The van der Waals surface area contributed by atoms with Gasteiger partial charge in [-0.3, -0.25) is 15.1 Å². The first-order valence-electron chi connectivity index (χ1n) is 6.44. The topological polar surface area (TPSA) is 71.5 Å². The van der Waals surface area contributed by atoms with Crippen LogP contribution in [0.5, 0.6) is 0 Å². The van der Waals surface area contributed by atoms with Gasteiger partial charge in [-0.1, -0.05) is 12.1 Å². The number of carboxylic acids is 1. The third kappa shape index (κ3) is 3.31. The fourth-order valence-electron chi connectivity index (χ4n) is 2.08. The van der Waals surface area contributed by atoms with Gasteiger partial charge in [0.2, 0.25) is 0 Å². The third-order valence-electron chi connectivity index (χ3n) is 3.09. The summed E-state index contributed by atoms with van der Waals surface area (Å²) < 4.78 is 4.93. The minimum atomic E-state index is -0.902. The van der Waals surface area contributed by atoms with Crippen molar-refractivity contribution >= 4 is 16.9 Å². The number of ether oxygens (including phenoxy) is 1. The molecule has 0 radical (unpaired) electrons. The Morgan fingerprint density at radius 2 is 2.20 bits per heavy atom. The predicted molar refractivity (Wildman–Crippen MR) is 76.7 cm³/mol. The Labute approximate surface area is 117 Å². The van der Waals surface area contributed by atoms with Crippen molar-refractivity contribution in [2.75, 3.05) is 20.3 Å². The van der Waals surface area contributed by atoms with E-state index in [1.165, 1.54) is 0 Å². The van der Waals surface area contributed by atoms with Crippen molar-refractivity contribution in [2.24, 2.45) is 0 Å². The molecule has 0 aliphatic rings. The summed E-state index contributed by atoms with van der Waals surface area (Å²) in [5, 5.41) is 13.2. The number of carbonyl (C=O) groups is 1. The van der Waals surface area contributed by atoms with E-state index in [0.29, 0.717) is 18.7 Å². The van der Waals surface area contributed by atoms with E-state index < -0.39 is 12.0 Å². The van der Waals surface area contributed by atoms with E-state index in [-0.39, 0.29) is 0 Å². The normalized spacial score (nSPS) is 12.5. The number of benzene rings is 1. The molecular formula is C15H18N2O3. The monoisotopic (exact) mass is 274 g/mol. The summed E-state index contributed by atoms with van der Waals surface area (Å²) in [5.74, 6) is -0.902. The number of aryl methyl sites for hydroxylation is 1. The van der Waals surface area contributed by atoms with E-state index in [4.69, 9.17) is 4.74 Å². The summed E-state index contributed by atoms with van der Waals surface area (Å²) in [7, 11) is 1.58. The van der Waals surface area contributed by atoms with Crippen molar-refractivity contribution < 1.29 is 14.6 Å². The van der Waals surface area contributed by atoms with Gasteiger partial charge in [0.1, 0.15) is 6.04 Å². The predicted octanol–water partition coefficient (Wildman–Crippen LogP) is 1.90. The van der Waals surface area contributed by atoms with Gasteiger partial charge in [0.05, 0.1) is 12.1 Å². The Morgan fingerprint density at radius 1 is 1.40 bits per heavy atom. The van der Waals surface area contributed by atoms with Crippen LogP contribution >= 0.6 is 0 Å². The minimum absolute atomic E-state index is 0.470. The fraction of sp³-hybridized carbons (Fsp3) is 0.333. The van der Waals surface area contributed by atoms with Crippen molar-refractivity contribution in [2.45, 2.75) is 13.0 Å². The molecule has 5 heteroatoms. The molecule has 1 aromatic heterocycles. The number of hydrogen-bond donors (Lipinski definition) is 2. The van der Waals surface area contributed by atoms with Crippen LogP contribution < -0.4 is 5.32 Å².